The minimum absolute atomic E-state index is 0.0252. The van der Waals surface area contributed by atoms with E-state index in [2.05, 4.69) is 15.4 Å². The summed E-state index contributed by atoms with van der Waals surface area (Å²) in [5.74, 6) is -0.155. The number of likely N-dealkylation sites (tertiary alicyclic amines) is 1. The maximum atomic E-state index is 13.6. The molecule has 0 aliphatic carbocycles. The molecule has 0 spiro atoms. The molecule has 200 valence electrons. The van der Waals surface area contributed by atoms with Gasteiger partial charge in [0.2, 0.25) is 15.9 Å². The van der Waals surface area contributed by atoms with Gasteiger partial charge in [0.15, 0.2) is 0 Å². The highest BCUT2D eigenvalue weighted by atomic mass is 32.2. The number of nitrogens with zero attached hydrogens (tertiary/aromatic N) is 1. The highest BCUT2D eigenvalue weighted by Gasteiger charge is 2.35. The molecule has 2 aliphatic rings. The number of hydrogen-bond acceptors (Lipinski definition) is 5. The molecule has 0 radical (unpaired) electrons. The molecule has 0 aromatic heterocycles. The lowest BCUT2D eigenvalue weighted by molar-refractivity contribution is -0.135. The Bertz CT molecular complexity index is 1470. The highest BCUT2D eigenvalue weighted by molar-refractivity contribution is 7.89. The number of carbonyl (C=O) groups excluding carboxylic acids is 2. The van der Waals surface area contributed by atoms with Gasteiger partial charge in [-0.1, -0.05) is 49.4 Å². The number of rotatable bonds is 6. The van der Waals surface area contributed by atoms with Crippen LogP contribution in [0.5, 0.6) is 0 Å². The average molecular weight is 535 g/mol. The van der Waals surface area contributed by atoms with Gasteiger partial charge < -0.3 is 15.5 Å². The van der Waals surface area contributed by atoms with Crippen LogP contribution in [0.2, 0.25) is 0 Å². The summed E-state index contributed by atoms with van der Waals surface area (Å²) in [6, 6.07) is 17.3. The van der Waals surface area contributed by atoms with Crippen LogP contribution in [0, 0.1) is 12.8 Å². The molecule has 9 heteroatoms. The average Bonchev–Trinajstić information content (AvgIpc) is 3.45. The van der Waals surface area contributed by atoms with Crippen molar-refractivity contribution in [2.24, 2.45) is 5.92 Å². The van der Waals surface area contributed by atoms with E-state index in [1.54, 1.807) is 30.3 Å². The molecule has 2 saturated heterocycles. The summed E-state index contributed by atoms with van der Waals surface area (Å²) in [7, 11) is -3.86. The minimum Gasteiger partial charge on any atom is -0.341 e. The van der Waals surface area contributed by atoms with Gasteiger partial charge in [0.1, 0.15) is 0 Å². The van der Waals surface area contributed by atoms with Gasteiger partial charge in [-0.15, -0.1) is 0 Å². The van der Waals surface area contributed by atoms with Gasteiger partial charge in [0.25, 0.3) is 5.91 Å². The molecule has 2 aliphatic heterocycles. The van der Waals surface area contributed by atoms with Gasteiger partial charge in [-0.2, -0.15) is 0 Å². The van der Waals surface area contributed by atoms with Crippen molar-refractivity contribution in [3.8, 4) is 0 Å². The normalized spacial score (nSPS) is 21.9. The Morgan fingerprint density at radius 2 is 1.71 bits per heavy atom. The molecule has 3 aromatic carbocycles. The van der Waals surface area contributed by atoms with E-state index in [-0.39, 0.29) is 34.7 Å². The highest BCUT2D eigenvalue weighted by Crippen LogP contribution is 2.31. The first-order valence-electron chi connectivity index (χ1n) is 13.2. The standard InChI is InChI=1S/C29H34N4O4S/c1-19-8-3-4-9-21(19)28(34)31-25-13-14-27(23-11-6-5-10-22(23)25)38(36,37)32-24-15-17-33(18-20(24)2)29(35)26-12-7-16-30-26/h3-6,8-11,13-14,20,24,26,30,32H,7,12,15-18H2,1-2H3,(H,31,34)/t20-,24-,26-/m1/s1. The van der Waals surface area contributed by atoms with Crippen LogP contribution in [-0.2, 0) is 14.8 Å². The van der Waals surface area contributed by atoms with E-state index < -0.39 is 10.0 Å². The lowest BCUT2D eigenvalue weighted by Gasteiger charge is -2.38. The van der Waals surface area contributed by atoms with Crippen molar-refractivity contribution in [1.29, 1.82) is 0 Å². The topological polar surface area (TPSA) is 108 Å². The monoisotopic (exact) mass is 534 g/mol. The number of piperidine rings is 1. The van der Waals surface area contributed by atoms with Gasteiger partial charge in [0, 0.05) is 41.2 Å². The van der Waals surface area contributed by atoms with Gasteiger partial charge in [0.05, 0.1) is 10.9 Å². The van der Waals surface area contributed by atoms with Crippen LogP contribution in [0.1, 0.15) is 42.1 Å². The lowest BCUT2D eigenvalue weighted by Crippen LogP contribution is -2.54. The number of fused-ring (bicyclic) bond motifs is 1. The van der Waals surface area contributed by atoms with Crippen LogP contribution in [0.4, 0.5) is 5.69 Å². The zero-order valence-corrected chi connectivity index (χ0v) is 22.6. The Labute approximate surface area is 223 Å². The largest absolute Gasteiger partial charge is 0.341 e. The molecule has 38 heavy (non-hydrogen) atoms. The molecule has 3 atom stereocenters. The number of benzene rings is 3. The molecule has 8 nitrogen and oxygen atoms in total. The number of amides is 2. The van der Waals surface area contributed by atoms with Crippen LogP contribution in [-0.4, -0.2) is 56.9 Å². The summed E-state index contributed by atoms with van der Waals surface area (Å²) < 4.78 is 30.1. The molecule has 0 unspecified atom stereocenters. The second kappa shape index (κ2) is 10.8. The Hall–Kier alpha value is -3.27. The summed E-state index contributed by atoms with van der Waals surface area (Å²) in [5, 5.41) is 7.39. The fourth-order valence-corrected chi connectivity index (χ4v) is 7.12. The fraction of sp³-hybridized carbons (Fsp3) is 0.379. The molecule has 5 rings (SSSR count). The number of aryl methyl sites for hydroxylation is 1. The van der Waals surface area contributed by atoms with Gasteiger partial charge >= 0.3 is 0 Å². The second-order valence-electron chi connectivity index (χ2n) is 10.4. The fourth-order valence-electron chi connectivity index (χ4n) is 5.53. The summed E-state index contributed by atoms with van der Waals surface area (Å²) in [4.78, 5) is 27.8. The van der Waals surface area contributed by atoms with E-state index in [1.807, 2.05) is 49.1 Å². The zero-order valence-electron chi connectivity index (χ0n) is 21.7. The summed E-state index contributed by atoms with van der Waals surface area (Å²) in [6.45, 7) is 5.77. The summed E-state index contributed by atoms with van der Waals surface area (Å²) in [6.07, 6.45) is 2.42. The molecular formula is C29H34N4O4S. The van der Waals surface area contributed by atoms with E-state index in [0.29, 0.717) is 41.5 Å². The Morgan fingerprint density at radius 3 is 2.42 bits per heavy atom. The second-order valence-corrected chi connectivity index (χ2v) is 12.0. The third kappa shape index (κ3) is 5.32. The van der Waals surface area contributed by atoms with Crippen LogP contribution in [0.25, 0.3) is 10.8 Å². The van der Waals surface area contributed by atoms with Gasteiger partial charge in [-0.3, -0.25) is 9.59 Å². The molecule has 0 saturated carbocycles. The van der Waals surface area contributed by atoms with Crippen molar-refractivity contribution in [3.63, 3.8) is 0 Å². The minimum atomic E-state index is -3.86. The van der Waals surface area contributed by atoms with Crippen molar-refractivity contribution in [2.75, 3.05) is 25.0 Å². The molecule has 0 bridgehead atoms. The van der Waals surface area contributed by atoms with Crippen LogP contribution >= 0.6 is 0 Å². The first-order chi connectivity index (χ1) is 18.2. The Kier molecular flexibility index (Phi) is 7.52. The molecule has 3 aromatic rings. The molecule has 2 amide bonds. The molecule has 2 fully saturated rings. The van der Waals surface area contributed by atoms with Crippen molar-refractivity contribution >= 4 is 38.3 Å². The van der Waals surface area contributed by atoms with Crippen LogP contribution in [0.15, 0.2) is 65.6 Å². The zero-order chi connectivity index (χ0) is 26.9. The van der Waals surface area contributed by atoms with E-state index in [1.165, 1.54) is 0 Å². The van der Waals surface area contributed by atoms with E-state index >= 15 is 0 Å². The lowest BCUT2D eigenvalue weighted by atomic mass is 9.94. The number of sulfonamides is 1. The maximum absolute atomic E-state index is 13.6. The third-order valence-corrected chi connectivity index (χ3v) is 9.24. The van der Waals surface area contributed by atoms with Crippen molar-refractivity contribution < 1.29 is 18.0 Å². The molecular weight excluding hydrogens is 500 g/mol. The smallest absolute Gasteiger partial charge is 0.255 e. The molecule has 3 N–H and O–H groups in total. The first kappa shape index (κ1) is 26.3. The number of carbonyl (C=O) groups is 2. The first-order valence-corrected chi connectivity index (χ1v) is 14.7. The van der Waals surface area contributed by atoms with Crippen molar-refractivity contribution in [1.82, 2.24) is 14.9 Å². The van der Waals surface area contributed by atoms with Crippen molar-refractivity contribution in [3.05, 3.63) is 71.8 Å². The SMILES string of the molecule is Cc1ccccc1C(=O)Nc1ccc(S(=O)(=O)N[C@@H]2CCN(C(=O)[C@H]3CCCN3)C[C@H]2C)c2ccccc12. The quantitative estimate of drug-likeness (QED) is 0.447. The maximum Gasteiger partial charge on any atom is 0.255 e. The van der Waals surface area contributed by atoms with Gasteiger partial charge in [-0.25, -0.2) is 13.1 Å². The summed E-state index contributed by atoms with van der Waals surface area (Å²) >= 11 is 0. The number of nitrogens with one attached hydrogen (secondary N) is 3. The predicted octanol–water partition coefficient (Wildman–Crippen LogP) is 3.67. The third-order valence-electron chi connectivity index (χ3n) is 7.69. The van der Waals surface area contributed by atoms with Crippen molar-refractivity contribution in [2.45, 2.75) is 50.1 Å². The van der Waals surface area contributed by atoms with Gasteiger partial charge in [-0.05, 0) is 62.4 Å². The molecule has 2 heterocycles. The van der Waals surface area contributed by atoms with E-state index in [4.69, 9.17) is 0 Å². The van der Waals surface area contributed by atoms with Crippen LogP contribution < -0.4 is 15.4 Å². The predicted molar refractivity (Wildman–Crippen MR) is 149 cm³/mol. The Morgan fingerprint density at radius 1 is 0.974 bits per heavy atom. The van der Waals surface area contributed by atoms with E-state index in [0.717, 1.165) is 24.9 Å². The Balaban J connectivity index is 1.34. The van der Waals surface area contributed by atoms with E-state index in [9.17, 15) is 18.0 Å². The summed E-state index contributed by atoms with van der Waals surface area (Å²) in [5.41, 5.74) is 1.98. The number of anilines is 1. The van der Waals surface area contributed by atoms with Crippen LogP contribution in [0.3, 0.4) is 0 Å². The number of hydrogen-bond donors (Lipinski definition) is 3.